The Bertz CT molecular complexity index is 985. The third-order valence-electron chi connectivity index (χ3n) is 7.12. The second kappa shape index (κ2) is 8.42. The zero-order valence-corrected chi connectivity index (χ0v) is 18.8. The number of benzene rings is 1. The van der Waals surface area contributed by atoms with Crippen LogP contribution in [0.5, 0.6) is 5.75 Å². The summed E-state index contributed by atoms with van der Waals surface area (Å²) in [7, 11) is 0. The lowest BCUT2D eigenvalue weighted by Crippen LogP contribution is -2.34. The van der Waals surface area contributed by atoms with Crippen LogP contribution in [0.15, 0.2) is 40.3 Å². The first kappa shape index (κ1) is 21.5. The van der Waals surface area contributed by atoms with E-state index in [1.54, 1.807) is 29.8 Å². The Hall–Kier alpha value is -2.74. The number of nitrogens with zero attached hydrogens (tertiary/aromatic N) is 2. The molecule has 2 bridgehead atoms. The highest BCUT2D eigenvalue weighted by Gasteiger charge is 2.60. The summed E-state index contributed by atoms with van der Waals surface area (Å²) in [5, 5.41) is 6.30. The van der Waals surface area contributed by atoms with Gasteiger partial charge in [0.1, 0.15) is 12.4 Å². The van der Waals surface area contributed by atoms with Crippen LogP contribution in [-0.2, 0) is 16.1 Å². The van der Waals surface area contributed by atoms with Gasteiger partial charge in [0, 0.05) is 16.5 Å². The minimum Gasteiger partial charge on any atom is -0.487 e. The van der Waals surface area contributed by atoms with Gasteiger partial charge in [0.05, 0.1) is 16.8 Å². The minimum atomic E-state index is -0.568. The molecule has 1 aromatic heterocycles. The number of esters is 1. The van der Waals surface area contributed by atoms with E-state index in [2.05, 4.69) is 36.3 Å². The Morgan fingerprint density at radius 1 is 1.26 bits per heavy atom. The van der Waals surface area contributed by atoms with Gasteiger partial charge in [0.2, 0.25) is 0 Å². The van der Waals surface area contributed by atoms with Crippen molar-refractivity contribution in [2.75, 3.05) is 6.61 Å². The smallest absolute Gasteiger partial charge is 0.338 e. The Morgan fingerprint density at radius 3 is 2.65 bits per heavy atom. The molecule has 2 unspecified atom stereocenters. The molecule has 2 aromatic rings. The van der Waals surface area contributed by atoms with Crippen molar-refractivity contribution in [2.45, 2.75) is 46.6 Å². The summed E-state index contributed by atoms with van der Waals surface area (Å²) in [4.78, 5) is 28.5. The molecule has 1 amide bonds. The van der Waals surface area contributed by atoms with Crippen molar-refractivity contribution in [1.82, 2.24) is 10.4 Å². The number of aromatic nitrogens is 1. The molecule has 8 heteroatoms. The van der Waals surface area contributed by atoms with Gasteiger partial charge >= 0.3 is 5.97 Å². The monoisotopic (exact) mass is 441 g/mol. The summed E-state index contributed by atoms with van der Waals surface area (Å²) >= 11 is 1.51. The SMILES string of the molecule is CC12CCC(C/C1=N\NC(=O)COC(=O)c1ccc(OCc3cscn3)cc1)C2(C)C. The fraction of sp³-hybridized carbons (Fsp3) is 0.478. The van der Waals surface area contributed by atoms with Crippen molar-refractivity contribution in [2.24, 2.45) is 21.8 Å². The molecule has 0 saturated heterocycles. The van der Waals surface area contributed by atoms with Gasteiger partial charge in [-0.3, -0.25) is 4.79 Å². The molecule has 164 valence electrons. The summed E-state index contributed by atoms with van der Waals surface area (Å²) in [6.07, 6.45) is 3.22. The lowest BCUT2D eigenvalue weighted by atomic mass is 9.70. The van der Waals surface area contributed by atoms with E-state index in [-0.39, 0.29) is 17.4 Å². The van der Waals surface area contributed by atoms with Gasteiger partial charge in [-0.2, -0.15) is 5.10 Å². The highest BCUT2D eigenvalue weighted by molar-refractivity contribution is 7.07. The van der Waals surface area contributed by atoms with E-state index < -0.39 is 11.9 Å². The van der Waals surface area contributed by atoms with Gasteiger partial charge in [-0.1, -0.05) is 20.8 Å². The van der Waals surface area contributed by atoms with Gasteiger partial charge in [0.25, 0.3) is 5.91 Å². The lowest BCUT2D eigenvalue weighted by molar-refractivity contribution is -0.124. The van der Waals surface area contributed by atoms with Crippen LogP contribution in [0, 0.1) is 16.7 Å². The molecule has 31 heavy (non-hydrogen) atoms. The number of ether oxygens (including phenoxy) is 2. The van der Waals surface area contributed by atoms with E-state index in [1.807, 2.05) is 5.38 Å². The molecule has 0 spiro atoms. The van der Waals surface area contributed by atoms with Gasteiger partial charge in [-0.15, -0.1) is 11.3 Å². The third-order valence-corrected chi connectivity index (χ3v) is 7.76. The maximum atomic E-state index is 12.2. The van der Waals surface area contributed by atoms with Crippen molar-refractivity contribution in [1.29, 1.82) is 0 Å². The van der Waals surface area contributed by atoms with Gasteiger partial charge < -0.3 is 9.47 Å². The number of amides is 1. The number of nitrogens with one attached hydrogen (secondary N) is 1. The topological polar surface area (TPSA) is 89.9 Å². The number of hydrogen-bond donors (Lipinski definition) is 1. The van der Waals surface area contributed by atoms with Crippen LogP contribution < -0.4 is 10.2 Å². The van der Waals surface area contributed by atoms with Crippen LogP contribution in [0.4, 0.5) is 0 Å². The maximum Gasteiger partial charge on any atom is 0.338 e. The van der Waals surface area contributed by atoms with Crippen LogP contribution in [-0.4, -0.2) is 29.2 Å². The van der Waals surface area contributed by atoms with Crippen molar-refractivity contribution >= 4 is 28.9 Å². The van der Waals surface area contributed by atoms with E-state index in [0.29, 0.717) is 23.8 Å². The Labute approximate surface area is 185 Å². The van der Waals surface area contributed by atoms with Crippen molar-refractivity contribution in [3.63, 3.8) is 0 Å². The Balaban J connectivity index is 1.24. The summed E-state index contributed by atoms with van der Waals surface area (Å²) in [5.41, 5.74) is 6.77. The average Bonchev–Trinajstić information content (AvgIpc) is 3.41. The van der Waals surface area contributed by atoms with Gasteiger partial charge in [0.15, 0.2) is 6.61 Å². The second-order valence-corrected chi connectivity index (χ2v) is 9.67. The number of rotatable bonds is 7. The molecular weight excluding hydrogens is 414 g/mol. The number of hydrogen-bond acceptors (Lipinski definition) is 7. The van der Waals surface area contributed by atoms with Crippen LogP contribution >= 0.6 is 11.3 Å². The first-order valence-corrected chi connectivity index (χ1v) is 11.4. The van der Waals surface area contributed by atoms with E-state index in [4.69, 9.17) is 9.47 Å². The number of fused-ring (bicyclic) bond motifs is 2. The number of hydrazone groups is 1. The number of thiazole rings is 1. The summed E-state index contributed by atoms with van der Waals surface area (Å²) in [6, 6.07) is 6.59. The molecule has 2 saturated carbocycles. The molecule has 1 aromatic carbocycles. The second-order valence-electron chi connectivity index (χ2n) is 8.96. The molecule has 1 heterocycles. The molecule has 2 atom stereocenters. The highest BCUT2D eigenvalue weighted by atomic mass is 32.1. The Morgan fingerprint density at radius 2 is 2.03 bits per heavy atom. The van der Waals surface area contributed by atoms with E-state index in [1.165, 1.54) is 17.8 Å². The molecule has 0 radical (unpaired) electrons. The molecular formula is C23H27N3O4S. The molecule has 7 nitrogen and oxygen atoms in total. The van der Waals surface area contributed by atoms with Crippen LogP contribution in [0.1, 0.15) is 56.1 Å². The van der Waals surface area contributed by atoms with Crippen LogP contribution in [0.3, 0.4) is 0 Å². The van der Waals surface area contributed by atoms with Crippen LogP contribution in [0.2, 0.25) is 0 Å². The largest absolute Gasteiger partial charge is 0.487 e. The zero-order chi connectivity index (χ0) is 22.1. The third kappa shape index (κ3) is 4.21. The van der Waals surface area contributed by atoms with Gasteiger partial charge in [-0.05, 0) is 54.9 Å². The lowest BCUT2D eigenvalue weighted by Gasteiger charge is -2.34. The first-order valence-electron chi connectivity index (χ1n) is 10.4. The molecule has 2 aliphatic carbocycles. The summed E-state index contributed by atoms with van der Waals surface area (Å²) < 4.78 is 10.7. The number of carbonyl (C=O) groups excluding carboxylic acids is 2. The summed E-state index contributed by atoms with van der Waals surface area (Å²) in [5.74, 6) is 0.231. The molecule has 4 rings (SSSR count). The standard InChI is InChI=1S/C23H27N3O4S/c1-22(2)16-8-9-23(22,3)19(10-16)25-26-20(27)12-30-21(28)15-4-6-18(7-5-15)29-11-17-13-31-14-24-17/h4-7,13-14,16H,8-12H2,1-3H3,(H,26,27)/b25-19+. The predicted molar refractivity (Wildman–Crippen MR) is 118 cm³/mol. The minimum absolute atomic E-state index is 0.0188. The fourth-order valence-corrected chi connectivity index (χ4v) is 5.17. The van der Waals surface area contributed by atoms with E-state index >= 15 is 0 Å². The summed E-state index contributed by atoms with van der Waals surface area (Å²) in [6.45, 7) is 6.79. The average molecular weight is 442 g/mol. The molecule has 0 aliphatic heterocycles. The number of carbonyl (C=O) groups is 2. The van der Waals surface area contributed by atoms with Gasteiger partial charge in [-0.25, -0.2) is 15.2 Å². The van der Waals surface area contributed by atoms with Crippen molar-refractivity contribution in [3.8, 4) is 5.75 Å². The fourth-order valence-electron chi connectivity index (χ4n) is 4.63. The Kier molecular flexibility index (Phi) is 5.83. The van der Waals surface area contributed by atoms with Crippen molar-refractivity contribution in [3.05, 3.63) is 46.4 Å². The highest BCUT2D eigenvalue weighted by Crippen LogP contribution is 2.63. The molecule has 2 fully saturated rings. The van der Waals surface area contributed by atoms with E-state index in [9.17, 15) is 9.59 Å². The zero-order valence-electron chi connectivity index (χ0n) is 18.0. The van der Waals surface area contributed by atoms with E-state index in [0.717, 1.165) is 24.2 Å². The van der Waals surface area contributed by atoms with Crippen molar-refractivity contribution < 1.29 is 19.1 Å². The molecule has 1 N–H and O–H groups in total. The molecule has 2 aliphatic rings. The quantitative estimate of drug-likeness (QED) is 0.514. The normalized spacial score (nSPS) is 24.9. The maximum absolute atomic E-state index is 12.2. The predicted octanol–water partition coefficient (Wildman–Crippen LogP) is 4.20. The first-order chi connectivity index (χ1) is 14.8. The van der Waals surface area contributed by atoms with Crippen LogP contribution in [0.25, 0.3) is 0 Å².